The summed E-state index contributed by atoms with van der Waals surface area (Å²) in [5.41, 5.74) is 8.08. The highest BCUT2D eigenvalue weighted by Crippen LogP contribution is 2.40. The number of aromatic nitrogens is 2. The zero-order chi connectivity index (χ0) is 19.1. The highest BCUT2D eigenvalue weighted by atomic mass is 35.5. The maximum atomic E-state index is 12.0. The lowest BCUT2D eigenvalue weighted by molar-refractivity contribution is 0.102. The van der Waals surface area contributed by atoms with Crippen LogP contribution in [-0.2, 0) is 0 Å². The molecule has 140 valence electrons. The van der Waals surface area contributed by atoms with Crippen molar-refractivity contribution in [1.29, 1.82) is 0 Å². The molecular weight excluding hydrogens is 405 g/mol. The molecule has 6 nitrogen and oxygen atoms in total. The monoisotopic (exact) mass is 421 g/mol. The number of halogens is 2. The van der Waals surface area contributed by atoms with Crippen molar-refractivity contribution in [3.8, 4) is 11.3 Å². The van der Waals surface area contributed by atoms with Crippen LogP contribution in [0.1, 0.15) is 23.0 Å². The van der Waals surface area contributed by atoms with Crippen LogP contribution in [0.25, 0.3) is 21.5 Å². The number of nitrogens with one attached hydrogen (secondary N) is 2. The van der Waals surface area contributed by atoms with E-state index in [9.17, 15) is 4.79 Å². The maximum absolute atomic E-state index is 12.0. The van der Waals surface area contributed by atoms with E-state index < -0.39 is 0 Å². The molecule has 4 rings (SSSR count). The summed E-state index contributed by atoms with van der Waals surface area (Å²) in [5, 5.41) is 8.22. The zero-order valence-electron chi connectivity index (χ0n) is 14.5. The average Bonchev–Trinajstić information content (AvgIpc) is 3.25. The van der Waals surface area contributed by atoms with Crippen LogP contribution in [0.15, 0.2) is 18.2 Å². The summed E-state index contributed by atoms with van der Waals surface area (Å²) in [5.74, 6) is 0.415. The topological polar surface area (TPSA) is 92.9 Å². The third-order valence-electron chi connectivity index (χ3n) is 4.49. The van der Waals surface area contributed by atoms with E-state index in [-0.39, 0.29) is 11.8 Å². The Morgan fingerprint density at radius 2 is 2.15 bits per heavy atom. The molecule has 1 atom stereocenters. The number of carbonyl (C=O) groups excluding carboxylic acids is 1. The highest BCUT2D eigenvalue weighted by Gasteiger charge is 2.22. The molecule has 1 fully saturated rings. The number of carbonyl (C=O) groups is 1. The number of Topliss-reactive ketones (excluding diaryl/α,β-unsaturated/α-hetero) is 1. The molecule has 0 radical (unpaired) electrons. The van der Waals surface area contributed by atoms with Crippen molar-refractivity contribution in [2.45, 2.75) is 19.4 Å². The fourth-order valence-electron chi connectivity index (χ4n) is 3.16. The van der Waals surface area contributed by atoms with E-state index in [1.54, 1.807) is 12.1 Å². The summed E-state index contributed by atoms with van der Waals surface area (Å²) in [6.07, 6.45) is 0.995. The smallest absolute Gasteiger partial charge is 0.224 e. The fraction of sp³-hybridized carbons (Fsp3) is 0.278. The van der Waals surface area contributed by atoms with Crippen molar-refractivity contribution in [3.63, 3.8) is 0 Å². The maximum Gasteiger partial charge on any atom is 0.224 e. The summed E-state index contributed by atoms with van der Waals surface area (Å²) in [4.78, 5) is 22.4. The van der Waals surface area contributed by atoms with Crippen molar-refractivity contribution >= 4 is 62.2 Å². The number of fused-ring (bicyclic) bond motifs is 1. The van der Waals surface area contributed by atoms with E-state index in [2.05, 4.69) is 15.6 Å². The van der Waals surface area contributed by atoms with Gasteiger partial charge in [0, 0.05) is 25.1 Å². The number of ketones is 1. The highest BCUT2D eigenvalue weighted by molar-refractivity contribution is 7.21. The second-order valence-electron chi connectivity index (χ2n) is 6.44. The third-order valence-corrected chi connectivity index (χ3v) is 6.43. The molecule has 0 aliphatic carbocycles. The number of nitrogens with zero attached hydrogens (tertiary/aromatic N) is 2. The zero-order valence-corrected chi connectivity index (χ0v) is 16.8. The molecule has 3 aromatic rings. The van der Waals surface area contributed by atoms with E-state index in [1.807, 2.05) is 6.07 Å². The quantitative estimate of drug-likeness (QED) is 0.545. The minimum Gasteiger partial charge on any atom is -0.397 e. The molecule has 1 aromatic carbocycles. The summed E-state index contributed by atoms with van der Waals surface area (Å²) in [6.45, 7) is 3.31. The normalized spacial score (nSPS) is 16.8. The standard InChI is InChI=1S/C18H17Cl2N5OS/c1-8(26)16-14(21)13-15(9-2-3-11(19)12(20)6-9)24-18(25-17(13)27-16)23-10-4-5-22-7-10/h2-3,6,10,22H,4-5,7,21H2,1H3,(H,23,24,25)/t10-/m0/s1. The molecule has 27 heavy (non-hydrogen) atoms. The minimum absolute atomic E-state index is 0.0925. The minimum atomic E-state index is -0.0925. The van der Waals surface area contributed by atoms with Crippen molar-refractivity contribution in [3.05, 3.63) is 33.1 Å². The van der Waals surface area contributed by atoms with Crippen molar-refractivity contribution in [1.82, 2.24) is 15.3 Å². The first kappa shape index (κ1) is 18.4. The van der Waals surface area contributed by atoms with E-state index in [0.29, 0.717) is 42.5 Å². The van der Waals surface area contributed by atoms with Gasteiger partial charge in [0.2, 0.25) is 5.95 Å². The predicted molar refractivity (Wildman–Crippen MR) is 112 cm³/mol. The van der Waals surface area contributed by atoms with Crippen LogP contribution >= 0.6 is 34.5 Å². The van der Waals surface area contributed by atoms with Crippen LogP contribution in [-0.4, -0.2) is 34.9 Å². The van der Waals surface area contributed by atoms with Gasteiger partial charge >= 0.3 is 0 Å². The van der Waals surface area contributed by atoms with Crippen LogP contribution in [0, 0.1) is 0 Å². The third kappa shape index (κ3) is 3.48. The SMILES string of the molecule is CC(=O)c1sc2nc(N[C@H]3CCNC3)nc(-c3ccc(Cl)c(Cl)c3)c2c1N. The Balaban J connectivity index is 1.91. The number of anilines is 2. The van der Waals surface area contributed by atoms with Crippen LogP contribution < -0.4 is 16.4 Å². The van der Waals surface area contributed by atoms with Gasteiger partial charge in [-0.3, -0.25) is 4.79 Å². The number of nitrogens with two attached hydrogens (primary N) is 1. The van der Waals surface area contributed by atoms with Gasteiger partial charge in [-0.15, -0.1) is 11.3 Å². The number of hydrogen-bond donors (Lipinski definition) is 3. The Hall–Kier alpha value is -1.93. The molecule has 1 aliphatic rings. The predicted octanol–water partition coefficient (Wildman–Crippen LogP) is 4.22. The number of thiophene rings is 1. The molecule has 4 N–H and O–H groups in total. The molecule has 0 amide bonds. The Morgan fingerprint density at radius 1 is 1.33 bits per heavy atom. The number of benzene rings is 1. The van der Waals surface area contributed by atoms with E-state index >= 15 is 0 Å². The van der Waals surface area contributed by atoms with Crippen molar-refractivity contribution < 1.29 is 4.79 Å². The Labute approximate surface area is 170 Å². The molecule has 0 spiro atoms. The van der Waals surface area contributed by atoms with Gasteiger partial charge in [-0.05, 0) is 25.1 Å². The summed E-state index contributed by atoms with van der Waals surface area (Å²) >= 11 is 13.5. The molecule has 1 aliphatic heterocycles. The number of nitrogen functional groups attached to an aromatic ring is 1. The van der Waals surface area contributed by atoms with Gasteiger partial charge in [-0.2, -0.15) is 0 Å². The van der Waals surface area contributed by atoms with Gasteiger partial charge in [-0.1, -0.05) is 29.3 Å². The molecule has 9 heteroatoms. The van der Waals surface area contributed by atoms with Gasteiger partial charge in [0.15, 0.2) is 5.78 Å². The van der Waals surface area contributed by atoms with Crippen LogP contribution in [0.3, 0.4) is 0 Å². The summed E-state index contributed by atoms with van der Waals surface area (Å²) < 4.78 is 0. The lowest BCUT2D eigenvalue weighted by Gasteiger charge is -2.13. The van der Waals surface area contributed by atoms with E-state index in [1.165, 1.54) is 18.3 Å². The Bertz CT molecular complexity index is 1050. The first-order chi connectivity index (χ1) is 12.9. The van der Waals surface area contributed by atoms with Crippen LogP contribution in [0.5, 0.6) is 0 Å². The molecule has 3 heterocycles. The van der Waals surface area contributed by atoms with Gasteiger partial charge in [0.05, 0.1) is 31.7 Å². The summed E-state index contributed by atoms with van der Waals surface area (Å²) in [6, 6.07) is 5.56. The second kappa shape index (κ2) is 7.24. The van der Waals surface area contributed by atoms with E-state index in [4.69, 9.17) is 33.9 Å². The Kier molecular flexibility index (Phi) is 4.94. The molecule has 0 bridgehead atoms. The second-order valence-corrected chi connectivity index (χ2v) is 8.25. The molecule has 0 unspecified atom stereocenters. The lowest BCUT2D eigenvalue weighted by atomic mass is 10.1. The first-order valence-corrected chi connectivity index (χ1v) is 10.0. The van der Waals surface area contributed by atoms with Crippen molar-refractivity contribution in [2.75, 3.05) is 24.1 Å². The number of rotatable bonds is 4. The van der Waals surface area contributed by atoms with Crippen LogP contribution in [0.2, 0.25) is 10.0 Å². The van der Waals surface area contributed by atoms with Gasteiger partial charge < -0.3 is 16.4 Å². The van der Waals surface area contributed by atoms with Gasteiger partial charge in [0.25, 0.3) is 0 Å². The first-order valence-electron chi connectivity index (χ1n) is 8.47. The van der Waals surface area contributed by atoms with Crippen molar-refractivity contribution in [2.24, 2.45) is 0 Å². The van der Waals surface area contributed by atoms with Gasteiger partial charge in [-0.25, -0.2) is 9.97 Å². The van der Waals surface area contributed by atoms with Crippen LogP contribution in [0.4, 0.5) is 11.6 Å². The molecular formula is C18H17Cl2N5OS. The molecule has 2 aromatic heterocycles. The lowest BCUT2D eigenvalue weighted by Crippen LogP contribution is -2.23. The number of hydrogen-bond acceptors (Lipinski definition) is 7. The van der Waals surface area contributed by atoms with E-state index in [0.717, 1.165) is 25.1 Å². The molecule has 1 saturated heterocycles. The van der Waals surface area contributed by atoms with Gasteiger partial charge in [0.1, 0.15) is 4.83 Å². The summed E-state index contributed by atoms with van der Waals surface area (Å²) in [7, 11) is 0. The fourth-order valence-corrected chi connectivity index (χ4v) is 4.45. The molecule has 0 saturated carbocycles. The Morgan fingerprint density at radius 3 is 2.81 bits per heavy atom. The average molecular weight is 422 g/mol. The largest absolute Gasteiger partial charge is 0.397 e.